The number of fused-ring (bicyclic) bond motifs is 1. The molecule has 0 fully saturated rings. The van der Waals surface area contributed by atoms with Crippen LogP contribution in [0.4, 0.5) is 4.79 Å². The summed E-state index contributed by atoms with van der Waals surface area (Å²) in [6, 6.07) is 0. The fourth-order valence-corrected chi connectivity index (χ4v) is 2.42. The van der Waals surface area contributed by atoms with E-state index in [1.807, 2.05) is 27.0 Å². The second-order valence-electron chi connectivity index (χ2n) is 6.12. The molecule has 2 rings (SSSR count). The van der Waals surface area contributed by atoms with E-state index in [-0.39, 0.29) is 5.78 Å². The summed E-state index contributed by atoms with van der Waals surface area (Å²) >= 11 is 0. The topological polar surface area (TPSA) is 71.2 Å². The molecular weight excluding hydrogens is 256 g/mol. The Labute approximate surface area is 119 Å². The molecule has 110 valence electrons. The Morgan fingerprint density at radius 3 is 2.85 bits per heavy atom. The number of H-pyrrole nitrogens is 1. The molecule has 0 unspecified atom stereocenters. The number of aromatic nitrogens is 1. The number of hydrogen-bond acceptors (Lipinski definition) is 3. The van der Waals surface area contributed by atoms with Crippen molar-refractivity contribution >= 4 is 11.9 Å². The smallest absolute Gasteiger partial charge is 0.407 e. The number of hydrogen-bond donors (Lipinski definition) is 2. The minimum Gasteiger partial charge on any atom is -0.444 e. The van der Waals surface area contributed by atoms with E-state index in [1.54, 1.807) is 0 Å². The number of Topliss-reactive ketones (excluding diaryl/α,β-unsaturated/α-hetero) is 1. The van der Waals surface area contributed by atoms with Gasteiger partial charge in [0.15, 0.2) is 5.78 Å². The minimum absolute atomic E-state index is 0.208. The molecule has 1 aromatic heterocycles. The summed E-state index contributed by atoms with van der Waals surface area (Å²) in [4.78, 5) is 26.6. The fourth-order valence-electron chi connectivity index (χ4n) is 2.42. The van der Waals surface area contributed by atoms with Crippen molar-refractivity contribution in [2.45, 2.75) is 52.1 Å². The number of carbonyl (C=O) groups excluding carboxylic acids is 2. The van der Waals surface area contributed by atoms with E-state index >= 15 is 0 Å². The first-order chi connectivity index (χ1) is 9.37. The van der Waals surface area contributed by atoms with Gasteiger partial charge >= 0.3 is 6.09 Å². The number of amides is 1. The summed E-state index contributed by atoms with van der Waals surface area (Å²) in [7, 11) is 0. The van der Waals surface area contributed by atoms with Crippen molar-refractivity contribution in [3.63, 3.8) is 0 Å². The van der Waals surface area contributed by atoms with Crippen LogP contribution in [0.1, 0.15) is 55.2 Å². The van der Waals surface area contributed by atoms with Gasteiger partial charge in [0.25, 0.3) is 0 Å². The SMILES string of the molecule is CC(C)(C)OC(=O)NCCc1c[nH]c2c1C(=O)CCC2. The molecule has 0 aromatic carbocycles. The van der Waals surface area contributed by atoms with Crippen LogP contribution in [0.3, 0.4) is 0 Å². The van der Waals surface area contributed by atoms with Gasteiger partial charge in [-0.3, -0.25) is 4.79 Å². The average Bonchev–Trinajstić information content (AvgIpc) is 2.71. The Kier molecular flexibility index (Phi) is 4.16. The molecule has 1 aromatic rings. The third-order valence-electron chi connectivity index (χ3n) is 3.22. The molecule has 0 saturated carbocycles. The first-order valence-electron chi connectivity index (χ1n) is 7.06. The van der Waals surface area contributed by atoms with E-state index in [2.05, 4.69) is 10.3 Å². The zero-order valence-corrected chi connectivity index (χ0v) is 12.3. The molecule has 1 heterocycles. The van der Waals surface area contributed by atoms with Crippen molar-refractivity contribution in [3.05, 3.63) is 23.0 Å². The lowest BCUT2D eigenvalue weighted by Crippen LogP contribution is -2.33. The van der Waals surface area contributed by atoms with E-state index in [9.17, 15) is 9.59 Å². The minimum atomic E-state index is -0.493. The van der Waals surface area contributed by atoms with Crippen LogP contribution in [0, 0.1) is 0 Å². The monoisotopic (exact) mass is 278 g/mol. The highest BCUT2D eigenvalue weighted by molar-refractivity contribution is 5.99. The Morgan fingerprint density at radius 2 is 2.15 bits per heavy atom. The molecule has 1 aliphatic carbocycles. The van der Waals surface area contributed by atoms with Crippen LogP contribution < -0.4 is 5.32 Å². The lowest BCUT2D eigenvalue weighted by atomic mass is 9.93. The van der Waals surface area contributed by atoms with Crippen molar-refractivity contribution in [1.29, 1.82) is 0 Å². The zero-order chi connectivity index (χ0) is 14.8. The fraction of sp³-hybridized carbons (Fsp3) is 0.600. The normalized spacial score (nSPS) is 14.8. The molecule has 0 bridgehead atoms. The number of ether oxygens (including phenoxy) is 1. The van der Waals surface area contributed by atoms with Gasteiger partial charge in [-0.15, -0.1) is 0 Å². The summed E-state index contributed by atoms with van der Waals surface area (Å²) in [5, 5.41) is 2.71. The van der Waals surface area contributed by atoms with Crippen LogP contribution in [-0.4, -0.2) is 29.0 Å². The number of aromatic amines is 1. The van der Waals surface area contributed by atoms with Gasteiger partial charge in [0.05, 0.1) is 0 Å². The number of aryl methyl sites for hydroxylation is 1. The predicted octanol–water partition coefficient (Wildman–Crippen LogP) is 2.60. The molecule has 20 heavy (non-hydrogen) atoms. The zero-order valence-electron chi connectivity index (χ0n) is 12.3. The quantitative estimate of drug-likeness (QED) is 0.892. The molecule has 5 heteroatoms. The maximum atomic E-state index is 11.9. The Balaban J connectivity index is 1.88. The lowest BCUT2D eigenvalue weighted by Gasteiger charge is -2.19. The molecule has 0 radical (unpaired) electrons. The lowest BCUT2D eigenvalue weighted by molar-refractivity contribution is 0.0528. The van der Waals surface area contributed by atoms with Crippen molar-refractivity contribution < 1.29 is 14.3 Å². The summed E-state index contributed by atoms with van der Waals surface area (Å²) < 4.78 is 5.17. The molecule has 0 aliphatic heterocycles. The van der Waals surface area contributed by atoms with Gasteiger partial charge in [-0.05, 0) is 45.6 Å². The highest BCUT2D eigenvalue weighted by atomic mass is 16.6. The Hall–Kier alpha value is -1.78. The third-order valence-corrected chi connectivity index (χ3v) is 3.22. The van der Waals surface area contributed by atoms with Crippen LogP contribution in [0.5, 0.6) is 0 Å². The summed E-state index contributed by atoms with van der Waals surface area (Å²) in [5.41, 5.74) is 2.37. The van der Waals surface area contributed by atoms with Crippen molar-refractivity contribution in [2.75, 3.05) is 6.54 Å². The van der Waals surface area contributed by atoms with E-state index in [1.165, 1.54) is 0 Å². The molecule has 5 nitrogen and oxygen atoms in total. The summed E-state index contributed by atoms with van der Waals surface area (Å²) in [6.45, 7) is 5.95. The van der Waals surface area contributed by atoms with Crippen molar-refractivity contribution in [2.24, 2.45) is 0 Å². The average molecular weight is 278 g/mol. The van der Waals surface area contributed by atoms with Gasteiger partial charge in [0, 0.05) is 30.4 Å². The predicted molar refractivity (Wildman–Crippen MR) is 76.0 cm³/mol. The molecule has 1 amide bonds. The van der Waals surface area contributed by atoms with Crippen molar-refractivity contribution in [1.82, 2.24) is 10.3 Å². The van der Waals surface area contributed by atoms with Gasteiger partial charge in [-0.1, -0.05) is 0 Å². The number of ketones is 1. The van der Waals surface area contributed by atoms with E-state index < -0.39 is 11.7 Å². The third kappa shape index (κ3) is 3.62. The van der Waals surface area contributed by atoms with Gasteiger partial charge in [-0.25, -0.2) is 4.79 Å². The molecule has 2 N–H and O–H groups in total. The van der Waals surface area contributed by atoms with E-state index in [0.29, 0.717) is 19.4 Å². The van der Waals surface area contributed by atoms with Crippen LogP contribution in [0.25, 0.3) is 0 Å². The van der Waals surface area contributed by atoms with Crippen LogP contribution >= 0.6 is 0 Å². The number of rotatable bonds is 3. The summed E-state index contributed by atoms with van der Waals surface area (Å²) in [5.74, 6) is 0.208. The van der Waals surface area contributed by atoms with Gasteiger partial charge in [-0.2, -0.15) is 0 Å². The van der Waals surface area contributed by atoms with Crippen molar-refractivity contribution in [3.8, 4) is 0 Å². The Morgan fingerprint density at radius 1 is 1.40 bits per heavy atom. The largest absolute Gasteiger partial charge is 0.444 e. The number of alkyl carbamates (subject to hydrolysis) is 1. The highest BCUT2D eigenvalue weighted by Crippen LogP contribution is 2.24. The maximum Gasteiger partial charge on any atom is 0.407 e. The van der Waals surface area contributed by atoms with E-state index in [4.69, 9.17) is 4.74 Å². The first-order valence-corrected chi connectivity index (χ1v) is 7.06. The second-order valence-corrected chi connectivity index (χ2v) is 6.12. The summed E-state index contributed by atoms with van der Waals surface area (Å²) in [6.07, 6.45) is 4.56. The second kappa shape index (κ2) is 5.69. The van der Waals surface area contributed by atoms with Gasteiger partial charge in [0.1, 0.15) is 5.60 Å². The van der Waals surface area contributed by atoms with Crippen LogP contribution in [0.15, 0.2) is 6.20 Å². The molecule has 0 atom stereocenters. The Bertz CT molecular complexity index is 512. The van der Waals surface area contributed by atoms with Crippen LogP contribution in [0.2, 0.25) is 0 Å². The molecule has 0 spiro atoms. The van der Waals surface area contributed by atoms with Gasteiger partial charge < -0.3 is 15.0 Å². The van der Waals surface area contributed by atoms with Crippen LogP contribution in [-0.2, 0) is 17.6 Å². The number of nitrogens with one attached hydrogen (secondary N) is 2. The standard InChI is InChI=1S/C15H22N2O3/c1-15(2,3)20-14(19)16-8-7-10-9-17-11-5-4-6-12(18)13(10)11/h9,17H,4-8H2,1-3H3,(H,16,19). The first kappa shape index (κ1) is 14.6. The molecule has 1 aliphatic rings. The molecular formula is C15H22N2O3. The maximum absolute atomic E-state index is 11.9. The van der Waals surface area contributed by atoms with E-state index in [0.717, 1.165) is 29.7 Å². The highest BCUT2D eigenvalue weighted by Gasteiger charge is 2.22. The van der Waals surface area contributed by atoms with Gasteiger partial charge in [0.2, 0.25) is 0 Å². The number of carbonyl (C=O) groups is 2. The molecule has 0 saturated heterocycles.